The van der Waals surface area contributed by atoms with E-state index >= 15 is 0 Å². The van der Waals surface area contributed by atoms with Crippen molar-refractivity contribution in [2.75, 3.05) is 19.6 Å². The smallest absolute Gasteiger partial charge is 0.317 e. The maximum Gasteiger partial charge on any atom is 0.317 e. The van der Waals surface area contributed by atoms with E-state index in [1.807, 2.05) is 4.90 Å². The SMILES string of the molecule is CC1(C)CC(NC(=O)N2CCc3[nH]c4ccccc4c3CC2)CC(C)(CN=C=O)C1. The number of para-hydroxylation sites is 1. The molecule has 1 aromatic heterocycles. The molecule has 2 atom stereocenters. The molecule has 0 bridgehead atoms. The molecule has 6 heteroatoms. The van der Waals surface area contributed by atoms with E-state index in [1.165, 1.54) is 22.2 Å². The molecule has 2 N–H and O–H groups in total. The Labute approximate surface area is 178 Å². The molecular weight excluding hydrogens is 376 g/mol. The summed E-state index contributed by atoms with van der Waals surface area (Å²) < 4.78 is 0. The first kappa shape index (κ1) is 20.7. The zero-order chi connectivity index (χ0) is 21.4. The lowest BCUT2D eigenvalue weighted by Gasteiger charge is -2.46. The second-order valence-electron chi connectivity index (χ2n) is 10.2. The standard InChI is InChI=1S/C24H32N4O2/c1-23(2)12-17(13-24(3,14-23)15-25-16-29)26-22(30)28-10-8-19-18-6-4-5-7-20(18)27-21(19)9-11-28/h4-7,17,27H,8-15H2,1-3H3,(H,26,30). The number of isocyanates is 1. The van der Waals surface area contributed by atoms with Crippen molar-refractivity contribution in [3.8, 4) is 0 Å². The number of nitrogens with zero attached hydrogens (tertiary/aromatic N) is 2. The number of benzene rings is 1. The van der Waals surface area contributed by atoms with Crippen LogP contribution in [0.5, 0.6) is 0 Å². The minimum Gasteiger partial charge on any atom is -0.358 e. The normalized spacial score (nSPS) is 25.8. The largest absolute Gasteiger partial charge is 0.358 e. The van der Waals surface area contributed by atoms with Crippen LogP contribution in [0.25, 0.3) is 10.9 Å². The average molecular weight is 409 g/mol. The van der Waals surface area contributed by atoms with Crippen LogP contribution >= 0.6 is 0 Å². The van der Waals surface area contributed by atoms with Gasteiger partial charge in [-0.25, -0.2) is 14.6 Å². The molecule has 0 saturated heterocycles. The number of hydrogen-bond acceptors (Lipinski definition) is 3. The number of nitrogens with one attached hydrogen (secondary N) is 2. The highest BCUT2D eigenvalue weighted by molar-refractivity contribution is 5.85. The Bertz CT molecular complexity index is 988. The number of aromatic amines is 1. The van der Waals surface area contributed by atoms with E-state index in [9.17, 15) is 9.59 Å². The minimum absolute atomic E-state index is 0.0217. The third-order valence-electron chi connectivity index (χ3n) is 6.75. The van der Waals surface area contributed by atoms with Crippen molar-refractivity contribution in [1.29, 1.82) is 0 Å². The Balaban J connectivity index is 1.42. The van der Waals surface area contributed by atoms with Gasteiger partial charge in [0.05, 0.1) is 6.54 Å². The molecule has 1 saturated carbocycles. The molecule has 1 aliphatic carbocycles. The number of urea groups is 1. The molecule has 2 heterocycles. The maximum atomic E-state index is 13.1. The van der Waals surface area contributed by atoms with Crippen LogP contribution in [-0.4, -0.2) is 47.7 Å². The van der Waals surface area contributed by atoms with E-state index in [4.69, 9.17) is 0 Å². The van der Waals surface area contributed by atoms with Crippen LogP contribution in [0.15, 0.2) is 29.3 Å². The summed E-state index contributed by atoms with van der Waals surface area (Å²) >= 11 is 0. The Morgan fingerprint density at radius 1 is 1.23 bits per heavy atom. The minimum atomic E-state index is -0.0910. The number of hydrogen-bond donors (Lipinski definition) is 2. The Kier molecular flexibility index (Phi) is 5.46. The van der Waals surface area contributed by atoms with Crippen molar-refractivity contribution < 1.29 is 9.59 Å². The van der Waals surface area contributed by atoms with Gasteiger partial charge < -0.3 is 15.2 Å². The van der Waals surface area contributed by atoms with Crippen molar-refractivity contribution >= 4 is 23.0 Å². The van der Waals surface area contributed by atoms with Crippen LogP contribution in [0, 0.1) is 10.8 Å². The summed E-state index contributed by atoms with van der Waals surface area (Å²) in [6, 6.07) is 8.52. The molecule has 2 unspecified atom stereocenters. The van der Waals surface area contributed by atoms with E-state index in [0.717, 1.165) is 38.6 Å². The van der Waals surface area contributed by atoms with Crippen LogP contribution < -0.4 is 5.32 Å². The van der Waals surface area contributed by atoms with Gasteiger partial charge in [0.15, 0.2) is 0 Å². The summed E-state index contributed by atoms with van der Waals surface area (Å²) in [4.78, 5) is 33.1. The maximum absolute atomic E-state index is 13.1. The van der Waals surface area contributed by atoms with Gasteiger partial charge in [0.1, 0.15) is 0 Å². The summed E-state index contributed by atoms with van der Waals surface area (Å²) in [6.45, 7) is 8.54. The second-order valence-corrected chi connectivity index (χ2v) is 10.2. The molecule has 1 aliphatic heterocycles. The van der Waals surface area contributed by atoms with Crippen LogP contribution in [0.1, 0.15) is 51.3 Å². The third kappa shape index (κ3) is 4.29. The number of carbonyl (C=O) groups excluding carboxylic acids is 2. The zero-order valence-corrected chi connectivity index (χ0v) is 18.3. The monoisotopic (exact) mass is 408 g/mol. The third-order valence-corrected chi connectivity index (χ3v) is 6.75. The Morgan fingerprint density at radius 2 is 2.00 bits per heavy atom. The molecule has 1 aromatic carbocycles. The van der Waals surface area contributed by atoms with Gasteiger partial charge in [-0.15, -0.1) is 0 Å². The van der Waals surface area contributed by atoms with Crippen LogP contribution in [0.2, 0.25) is 0 Å². The van der Waals surface area contributed by atoms with Gasteiger partial charge in [-0.1, -0.05) is 39.0 Å². The molecule has 2 aliphatic rings. The summed E-state index contributed by atoms with van der Waals surface area (Å²) in [6.07, 6.45) is 6.16. The number of rotatable bonds is 3. The number of carbonyl (C=O) groups is 1. The molecule has 160 valence electrons. The van der Waals surface area contributed by atoms with Gasteiger partial charge in [-0.2, -0.15) is 0 Å². The lowest BCUT2D eigenvalue weighted by atomic mass is 9.62. The molecule has 0 radical (unpaired) electrons. The van der Waals surface area contributed by atoms with E-state index < -0.39 is 0 Å². The summed E-state index contributed by atoms with van der Waals surface area (Å²) in [7, 11) is 0. The molecular formula is C24H32N4O2. The molecule has 2 aromatic rings. The fourth-order valence-electron chi connectivity index (χ4n) is 5.91. The molecule has 0 spiro atoms. The van der Waals surface area contributed by atoms with Gasteiger partial charge in [-0.05, 0) is 48.1 Å². The Morgan fingerprint density at radius 3 is 2.80 bits per heavy atom. The lowest BCUT2D eigenvalue weighted by Crippen LogP contribution is -2.51. The molecule has 1 fully saturated rings. The summed E-state index contributed by atoms with van der Waals surface area (Å²) in [5.74, 6) is 0. The first-order valence-electron chi connectivity index (χ1n) is 11.0. The highest BCUT2D eigenvalue weighted by atomic mass is 16.2. The van der Waals surface area contributed by atoms with E-state index in [2.05, 4.69) is 60.3 Å². The number of aromatic nitrogens is 1. The summed E-state index contributed by atoms with van der Waals surface area (Å²) in [5.41, 5.74) is 3.79. The fraction of sp³-hybridized carbons (Fsp3) is 0.583. The van der Waals surface area contributed by atoms with Gasteiger partial charge in [-0.3, -0.25) is 0 Å². The number of aliphatic imine (C=N–C) groups is 1. The predicted molar refractivity (Wildman–Crippen MR) is 118 cm³/mol. The van der Waals surface area contributed by atoms with Gasteiger partial charge in [0, 0.05) is 42.1 Å². The first-order valence-corrected chi connectivity index (χ1v) is 11.0. The van der Waals surface area contributed by atoms with Crippen molar-refractivity contribution in [2.24, 2.45) is 15.8 Å². The zero-order valence-electron chi connectivity index (χ0n) is 18.3. The van der Waals surface area contributed by atoms with Crippen molar-refractivity contribution in [1.82, 2.24) is 15.2 Å². The molecule has 4 rings (SSSR count). The molecule has 30 heavy (non-hydrogen) atoms. The van der Waals surface area contributed by atoms with Crippen molar-refractivity contribution in [2.45, 2.75) is 58.9 Å². The topological polar surface area (TPSA) is 77.6 Å². The van der Waals surface area contributed by atoms with E-state index in [0.29, 0.717) is 13.1 Å². The fourth-order valence-corrected chi connectivity index (χ4v) is 5.91. The van der Waals surface area contributed by atoms with Gasteiger partial charge in [0.2, 0.25) is 6.08 Å². The van der Waals surface area contributed by atoms with E-state index in [-0.39, 0.29) is 22.9 Å². The van der Waals surface area contributed by atoms with Gasteiger partial charge in [0.25, 0.3) is 0 Å². The van der Waals surface area contributed by atoms with Crippen molar-refractivity contribution in [3.63, 3.8) is 0 Å². The summed E-state index contributed by atoms with van der Waals surface area (Å²) in [5, 5.41) is 4.57. The number of amides is 2. The molecule has 6 nitrogen and oxygen atoms in total. The first-order chi connectivity index (χ1) is 14.3. The van der Waals surface area contributed by atoms with Gasteiger partial charge >= 0.3 is 6.03 Å². The number of H-pyrrole nitrogens is 1. The highest BCUT2D eigenvalue weighted by Crippen LogP contribution is 2.46. The van der Waals surface area contributed by atoms with Crippen LogP contribution in [-0.2, 0) is 17.6 Å². The molecule has 2 amide bonds. The van der Waals surface area contributed by atoms with Crippen LogP contribution in [0.3, 0.4) is 0 Å². The average Bonchev–Trinajstić information content (AvgIpc) is 2.88. The highest BCUT2D eigenvalue weighted by Gasteiger charge is 2.42. The number of fused-ring (bicyclic) bond motifs is 3. The van der Waals surface area contributed by atoms with Crippen molar-refractivity contribution in [3.05, 3.63) is 35.5 Å². The lowest BCUT2D eigenvalue weighted by molar-refractivity contribution is 0.0779. The van der Waals surface area contributed by atoms with Crippen LogP contribution in [0.4, 0.5) is 4.79 Å². The van der Waals surface area contributed by atoms with E-state index in [1.54, 1.807) is 6.08 Å². The predicted octanol–water partition coefficient (Wildman–Crippen LogP) is 4.20. The quantitative estimate of drug-likeness (QED) is 0.590. The second kappa shape index (κ2) is 7.92. The Hall–Kier alpha value is -2.59.